The van der Waals surface area contributed by atoms with E-state index in [0.717, 1.165) is 36.4 Å². The molecule has 0 bridgehead atoms. The molecule has 11 heteroatoms. The van der Waals surface area contributed by atoms with Crippen molar-refractivity contribution in [2.24, 2.45) is 0 Å². The summed E-state index contributed by atoms with van der Waals surface area (Å²) in [6.07, 6.45) is -10.9. The molecule has 0 N–H and O–H groups in total. The molecule has 0 aliphatic carbocycles. The fraction of sp³-hybridized carbons (Fsp3) is 0.310. The van der Waals surface area contributed by atoms with Gasteiger partial charge in [0.1, 0.15) is 6.61 Å². The third-order valence-corrected chi connectivity index (χ3v) is 6.00. The predicted molar refractivity (Wildman–Crippen MR) is 135 cm³/mol. The van der Waals surface area contributed by atoms with Crippen LogP contribution in [0, 0.1) is 0 Å². The summed E-state index contributed by atoms with van der Waals surface area (Å²) in [5, 5.41) is 0. The second kappa shape index (κ2) is 12.9. The molecule has 0 aliphatic heterocycles. The maximum Gasteiger partial charge on any atom is 0.416 e. The number of esters is 1. The average Bonchev–Trinajstić information content (AvgIpc) is 2.89. The molecule has 0 aromatic heterocycles. The molecule has 0 unspecified atom stereocenters. The Hall–Kier alpha value is -4.02. The van der Waals surface area contributed by atoms with Gasteiger partial charge in [-0.1, -0.05) is 42.5 Å². The van der Waals surface area contributed by atoms with E-state index in [2.05, 4.69) is 0 Å². The van der Waals surface area contributed by atoms with Crippen LogP contribution in [0.4, 0.5) is 31.1 Å². The summed E-state index contributed by atoms with van der Waals surface area (Å²) in [6, 6.07) is 14.6. The van der Waals surface area contributed by atoms with Crippen molar-refractivity contribution in [3.8, 4) is 11.1 Å². The second-order valence-electron chi connectivity index (χ2n) is 8.78. The monoisotopic (exact) mass is 567 g/mol. The van der Waals surface area contributed by atoms with Crippen molar-refractivity contribution < 1.29 is 45.4 Å². The van der Waals surface area contributed by atoms with E-state index in [1.54, 1.807) is 37.3 Å². The van der Waals surface area contributed by atoms with Gasteiger partial charge in [0.05, 0.1) is 24.2 Å². The molecule has 214 valence electrons. The highest BCUT2D eigenvalue weighted by molar-refractivity contribution is 5.76. The van der Waals surface area contributed by atoms with E-state index in [-0.39, 0.29) is 48.6 Å². The highest BCUT2D eigenvalue weighted by Gasteiger charge is 2.35. The Labute approximate surface area is 227 Å². The number of benzene rings is 3. The van der Waals surface area contributed by atoms with Crippen molar-refractivity contribution in [1.82, 2.24) is 4.90 Å². The fourth-order valence-electron chi connectivity index (χ4n) is 4.06. The number of nitrogens with zero attached hydrogens (tertiary/aromatic N) is 1. The number of rotatable bonds is 9. The molecule has 0 radical (unpaired) electrons. The molecule has 40 heavy (non-hydrogen) atoms. The van der Waals surface area contributed by atoms with Gasteiger partial charge in [-0.15, -0.1) is 0 Å². The quantitative estimate of drug-likeness (QED) is 0.197. The molecular weight excluding hydrogens is 540 g/mol. The minimum Gasteiger partial charge on any atom is -0.466 e. The molecule has 3 rings (SSSR count). The fourth-order valence-corrected chi connectivity index (χ4v) is 4.06. The molecule has 1 amide bonds. The van der Waals surface area contributed by atoms with Crippen molar-refractivity contribution in [2.75, 3.05) is 13.2 Å². The third-order valence-electron chi connectivity index (χ3n) is 6.00. The Balaban J connectivity index is 2.01. The Bertz CT molecular complexity index is 1320. The van der Waals surface area contributed by atoms with E-state index >= 15 is 0 Å². The summed E-state index contributed by atoms with van der Waals surface area (Å²) in [5.41, 5.74) is -1.37. The molecule has 3 aromatic rings. The predicted octanol–water partition coefficient (Wildman–Crippen LogP) is 7.66. The minimum absolute atomic E-state index is 0.0316. The van der Waals surface area contributed by atoms with Gasteiger partial charge in [-0.25, -0.2) is 4.79 Å². The second-order valence-corrected chi connectivity index (χ2v) is 8.78. The van der Waals surface area contributed by atoms with Crippen LogP contribution < -0.4 is 0 Å². The van der Waals surface area contributed by atoms with Gasteiger partial charge in [-0.2, -0.15) is 26.3 Å². The van der Waals surface area contributed by atoms with Gasteiger partial charge in [0.2, 0.25) is 0 Å². The van der Waals surface area contributed by atoms with Crippen molar-refractivity contribution >= 4 is 12.1 Å². The number of hydrogen-bond acceptors (Lipinski definition) is 4. The van der Waals surface area contributed by atoms with E-state index in [1.165, 1.54) is 11.8 Å². The Morgan fingerprint density at radius 2 is 1.50 bits per heavy atom. The number of carbonyl (C=O) groups excluding carboxylic acids is 2. The van der Waals surface area contributed by atoms with E-state index in [4.69, 9.17) is 9.47 Å². The van der Waals surface area contributed by atoms with Crippen LogP contribution in [0.2, 0.25) is 0 Å². The molecule has 0 aliphatic rings. The Morgan fingerprint density at radius 1 is 0.800 bits per heavy atom. The van der Waals surface area contributed by atoms with Crippen LogP contribution in [-0.4, -0.2) is 30.1 Å². The van der Waals surface area contributed by atoms with Gasteiger partial charge in [-0.05, 0) is 65.9 Å². The van der Waals surface area contributed by atoms with Crippen LogP contribution in [0.15, 0.2) is 66.7 Å². The summed E-state index contributed by atoms with van der Waals surface area (Å²) >= 11 is 0. The van der Waals surface area contributed by atoms with Crippen molar-refractivity contribution in [3.63, 3.8) is 0 Å². The molecule has 5 nitrogen and oxygen atoms in total. The molecule has 0 spiro atoms. The molecule has 0 heterocycles. The standard InChI is InChI=1S/C29H27F6NO4/c1-3-36(27(38)40-18-19-8-6-5-7-9-19)17-22-15-23(28(30,31)32)11-12-24(22)20-10-13-25(29(33,34)35)21(14-20)16-26(37)39-4-2/h5-15H,3-4,16-18H2,1-2H3. The normalized spacial score (nSPS) is 11.7. The van der Waals surface area contributed by atoms with Crippen LogP contribution in [0.3, 0.4) is 0 Å². The van der Waals surface area contributed by atoms with E-state index in [0.29, 0.717) is 5.56 Å². The lowest BCUT2D eigenvalue weighted by molar-refractivity contribution is -0.143. The van der Waals surface area contributed by atoms with Crippen LogP contribution in [0.1, 0.15) is 41.7 Å². The molecule has 0 atom stereocenters. The number of halogens is 6. The smallest absolute Gasteiger partial charge is 0.416 e. The summed E-state index contributed by atoms with van der Waals surface area (Å²) in [6.45, 7) is 2.82. The largest absolute Gasteiger partial charge is 0.466 e. The summed E-state index contributed by atoms with van der Waals surface area (Å²) < 4.78 is 91.8. The zero-order valence-electron chi connectivity index (χ0n) is 21.7. The first-order valence-corrected chi connectivity index (χ1v) is 12.3. The maximum absolute atomic E-state index is 13.6. The van der Waals surface area contributed by atoms with Gasteiger partial charge in [0, 0.05) is 13.1 Å². The highest BCUT2D eigenvalue weighted by Crippen LogP contribution is 2.38. The van der Waals surface area contributed by atoms with Gasteiger partial charge in [-0.3, -0.25) is 4.79 Å². The lowest BCUT2D eigenvalue weighted by atomic mass is 9.93. The topological polar surface area (TPSA) is 55.8 Å². The molecule has 3 aromatic carbocycles. The molecule has 0 fully saturated rings. The number of amides is 1. The van der Waals surface area contributed by atoms with Crippen molar-refractivity contribution in [1.29, 1.82) is 0 Å². The van der Waals surface area contributed by atoms with Crippen LogP contribution >= 0.6 is 0 Å². The molecule has 0 saturated carbocycles. The van der Waals surface area contributed by atoms with E-state index < -0.39 is 42.0 Å². The number of carbonyl (C=O) groups is 2. The minimum atomic E-state index is -4.77. The lowest BCUT2D eigenvalue weighted by Gasteiger charge is -2.23. The zero-order valence-corrected chi connectivity index (χ0v) is 21.7. The highest BCUT2D eigenvalue weighted by atomic mass is 19.4. The van der Waals surface area contributed by atoms with Gasteiger partial charge >= 0.3 is 24.4 Å². The number of hydrogen-bond donors (Lipinski definition) is 0. The number of ether oxygens (including phenoxy) is 2. The SMILES string of the molecule is CCOC(=O)Cc1cc(-c2ccc(C(F)(F)F)cc2CN(CC)C(=O)OCc2ccccc2)ccc1C(F)(F)F. The lowest BCUT2D eigenvalue weighted by Crippen LogP contribution is -2.31. The first-order chi connectivity index (χ1) is 18.8. The average molecular weight is 568 g/mol. The van der Waals surface area contributed by atoms with Crippen LogP contribution in [0.5, 0.6) is 0 Å². The van der Waals surface area contributed by atoms with E-state index in [1.807, 2.05) is 0 Å². The van der Waals surface area contributed by atoms with Gasteiger partial charge < -0.3 is 14.4 Å². The first kappa shape index (κ1) is 30.5. The summed E-state index contributed by atoms with van der Waals surface area (Å²) in [7, 11) is 0. The first-order valence-electron chi connectivity index (χ1n) is 12.3. The summed E-state index contributed by atoms with van der Waals surface area (Å²) in [5.74, 6) is -0.879. The molecular formula is C29H27F6NO4. The van der Waals surface area contributed by atoms with E-state index in [9.17, 15) is 35.9 Å². The molecule has 0 saturated heterocycles. The third kappa shape index (κ3) is 8.00. The van der Waals surface area contributed by atoms with Gasteiger partial charge in [0.15, 0.2) is 0 Å². The van der Waals surface area contributed by atoms with Crippen LogP contribution in [0.25, 0.3) is 11.1 Å². The maximum atomic E-state index is 13.6. The van der Waals surface area contributed by atoms with Crippen LogP contribution in [-0.2, 0) is 46.2 Å². The Kier molecular flexibility index (Phi) is 9.83. The number of alkyl halides is 6. The van der Waals surface area contributed by atoms with Crippen molar-refractivity contribution in [3.05, 3.63) is 94.5 Å². The van der Waals surface area contributed by atoms with Gasteiger partial charge in [0.25, 0.3) is 0 Å². The van der Waals surface area contributed by atoms with Crippen molar-refractivity contribution in [2.45, 2.75) is 45.8 Å². The zero-order chi connectivity index (χ0) is 29.5. The Morgan fingerprint density at radius 3 is 2.10 bits per heavy atom. The summed E-state index contributed by atoms with van der Waals surface area (Å²) in [4.78, 5) is 26.0.